The zero-order valence-corrected chi connectivity index (χ0v) is 14.6. The number of nitrogens with zero attached hydrogens (tertiary/aromatic N) is 2. The number of hydrogen-bond donors (Lipinski definition) is 1. The molecule has 1 saturated heterocycles. The Morgan fingerprint density at radius 3 is 1.96 bits per heavy atom. The number of carboxylic acids is 1. The summed E-state index contributed by atoms with van der Waals surface area (Å²) in [5.41, 5.74) is -2.68. The standard InChI is InChI=1S/C17H20F6N2O2/c1-24(10-15(26)27)14-2-4-25(5-3-14)9-11-6-12(16(18,19)20)8-13(7-11)17(21,22)23/h6-8,14H,2-5,9-10H2,1H3,(H,26,27). The van der Waals surface area contributed by atoms with Gasteiger partial charge >= 0.3 is 18.3 Å². The number of aliphatic carboxylic acids is 1. The third-order valence-electron chi connectivity index (χ3n) is 4.62. The van der Waals surface area contributed by atoms with E-state index in [2.05, 4.69) is 0 Å². The molecule has 1 aliphatic rings. The lowest BCUT2D eigenvalue weighted by molar-refractivity contribution is -0.143. The van der Waals surface area contributed by atoms with Gasteiger partial charge in [-0.3, -0.25) is 14.6 Å². The summed E-state index contributed by atoms with van der Waals surface area (Å²) in [7, 11) is 1.68. The Morgan fingerprint density at radius 2 is 1.56 bits per heavy atom. The molecular formula is C17H20F6N2O2. The van der Waals surface area contributed by atoms with Gasteiger partial charge in [0.15, 0.2) is 0 Å². The van der Waals surface area contributed by atoms with Crippen LogP contribution in [0.5, 0.6) is 0 Å². The highest BCUT2D eigenvalue weighted by atomic mass is 19.4. The normalized spacial score (nSPS) is 17.5. The Labute approximate surface area is 152 Å². The smallest absolute Gasteiger partial charge is 0.416 e. The molecule has 0 radical (unpaired) electrons. The van der Waals surface area contributed by atoms with Crippen molar-refractivity contribution in [1.82, 2.24) is 9.80 Å². The molecular weight excluding hydrogens is 378 g/mol. The first kappa shape index (κ1) is 21.5. The summed E-state index contributed by atoms with van der Waals surface area (Å²) in [6, 6.07) is 1.64. The molecule has 152 valence electrons. The summed E-state index contributed by atoms with van der Waals surface area (Å²) < 4.78 is 77.5. The number of carboxylic acid groups (broad SMARTS) is 1. The molecule has 0 spiro atoms. The van der Waals surface area contributed by atoms with Gasteiger partial charge in [-0.05, 0) is 56.7 Å². The van der Waals surface area contributed by atoms with Gasteiger partial charge in [-0.25, -0.2) is 0 Å². The molecule has 0 amide bonds. The minimum Gasteiger partial charge on any atom is -0.480 e. The first-order valence-corrected chi connectivity index (χ1v) is 8.29. The van der Waals surface area contributed by atoms with Crippen LogP contribution in [0.25, 0.3) is 0 Å². The van der Waals surface area contributed by atoms with E-state index in [0.29, 0.717) is 25.9 Å². The van der Waals surface area contributed by atoms with E-state index in [0.717, 1.165) is 12.1 Å². The minimum atomic E-state index is -4.86. The maximum atomic E-state index is 12.9. The third-order valence-corrected chi connectivity index (χ3v) is 4.62. The molecule has 0 unspecified atom stereocenters. The largest absolute Gasteiger partial charge is 0.480 e. The highest BCUT2D eigenvalue weighted by Gasteiger charge is 2.37. The number of hydrogen-bond acceptors (Lipinski definition) is 3. The van der Waals surface area contributed by atoms with Crippen LogP contribution in [-0.2, 0) is 23.7 Å². The number of alkyl halides is 6. The van der Waals surface area contributed by atoms with E-state index in [-0.39, 0.29) is 30.8 Å². The van der Waals surface area contributed by atoms with Crippen molar-refractivity contribution in [3.8, 4) is 0 Å². The third kappa shape index (κ3) is 6.10. The SMILES string of the molecule is CN(CC(=O)O)C1CCN(Cc2cc(C(F)(F)F)cc(C(F)(F)F)c2)CC1. The predicted molar refractivity (Wildman–Crippen MR) is 85.0 cm³/mol. The lowest BCUT2D eigenvalue weighted by atomic mass is 10.0. The summed E-state index contributed by atoms with van der Waals surface area (Å²) in [5, 5.41) is 8.81. The summed E-state index contributed by atoms with van der Waals surface area (Å²) in [6.45, 7) is 0.786. The molecule has 0 saturated carbocycles. The average molecular weight is 398 g/mol. The molecule has 1 aromatic rings. The van der Waals surface area contributed by atoms with Gasteiger partial charge < -0.3 is 5.11 Å². The van der Waals surface area contributed by atoms with Crippen LogP contribution in [-0.4, -0.2) is 53.6 Å². The summed E-state index contributed by atoms with van der Waals surface area (Å²) in [4.78, 5) is 14.2. The van der Waals surface area contributed by atoms with E-state index < -0.39 is 29.4 Å². The molecule has 1 aliphatic heterocycles. The molecule has 1 heterocycles. The molecule has 1 aromatic carbocycles. The molecule has 0 atom stereocenters. The number of halogens is 6. The molecule has 1 N–H and O–H groups in total. The molecule has 4 nitrogen and oxygen atoms in total. The second-order valence-corrected chi connectivity index (χ2v) is 6.73. The summed E-state index contributed by atoms with van der Waals surface area (Å²) >= 11 is 0. The number of piperidine rings is 1. The van der Waals surface area contributed by atoms with Crippen molar-refractivity contribution in [2.45, 2.75) is 37.8 Å². The highest BCUT2D eigenvalue weighted by Crippen LogP contribution is 2.36. The van der Waals surface area contributed by atoms with Crippen molar-refractivity contribution in [3.05, 3.63) is 34.9 Å². The minimum absolute atomic E-state index is 0.0181. The van der Waals surface area contributed by atoms with Crippen LogP contribution in [0.2, 0.25) is 0 Å². The van der Waals surface area contributed by atoms with Crippen molar-refractivity contribution in [1.29, 1.82) is 0 Å². The van der Waals surface area contributed by atoms with Crippen molar-refractivity contribution in [3.63, 3.8) is 0 Å². The van der Waals surface area contributed by atoms with Crippen LogP contribution in [0.15, 0.2) is 18.2 Å². The van der Waals surface area contributed by atoms with Crippen LogP contribution in [0, 0.1) is 0 Å². The maximum absolute atomic E-state index is 12.9. The van der Waals surface area contributed by atoms with Crippen LogP contribution < -0.4 is 0 Å². The monoisotopic (exact) mass is 398 g/mol. The van der Waals surface area contributed by atoms with Crippen LogP contribution in [0.4, 0.5) is 26.3 Å². The van der Waals surface area contributed by atoms with Gasteiger partial charge in [-0.15, -0.1) is 0 Å². The van der Waals surface area contributed by atoms with Crippen molar-refractivity contribution in [2.75, 3.05) is 26.7 Å². The zero-order valence-electron chi connectivity index (χ0n) is 14.6. The van der Waals surface area contributed by atoms with E-state index >= 15 is 0 Å². The molecule has 0 bridgehead atoms. The maximum Gasteiger partial charge on any atom is 0.416 e. The van der Waals surface area contributed by atoms with Crippen LogP contribution in [0.3, 0.4) is 0 Å². The molecule has 2 rings (SSSR count). The molecule has 10 heteroatoms. The number of likely N-dealkylation sites (tertiary alicyclic amines) is 1. The molecule has 27 heavy (non-hydrogen) atoms. The lowest BCUT2D eigenvalue weighted by Crippen LogP contribution is -2.44. The Morgan fingerprint density at radius 1 is 1.07 bits per heavy atom. The predicted octanol–water partition coefficient (Wildman–Crippen LogP) is 3.71. The van der Waals surface area contributed by atoms with Crippen molar-refractivity contribution in [2.24, 2.45) is 0 Å². The topological polar surface area (TPSA) is 43.8 Å². The second kappa shape index (κ2) is 8.05. The zero-order chi connectivity index (χ0) is 20.4. The molecule has 1 fully saturated rings. The fraction of sp³-hybridized carbons (Fsp3) is 0.588. The van der Waals surface area contributed by atoms with Gasteiger partial charge in [-0.2, -0.15) is 26.3 Å². The fourth-order valence-electron chi connectivity index (χ4n) is 3.23. The first-order valence-electron chi connectivity index (χ1n) is 8.29. The fourth-order valence-corrected chi connectivity index (χ4v) is 3.23. The summed E-state index contributed by atoms with van der Waals surface area (Å²) in [6.07, 6.45) is -8.53. The number of benzene rings is 1. The summed E-state index contributed by atoms with van der Waals surface area (Å²) in [5.74, 6) is -0.955. The Kier molecular flexibility index (Phi) is 6.41. The second-order valence-electron chi connectivity index (χ2n) is 6.73. The Hall–Kier alpha value is -1.81. The quantitative estimate of drug-likeness (QED) is 0.769. The van der Waals surface area contributed by atoms with E-state index in [9.17, 15) is 31.1 Å². The Bertz CT molecular complexity index is 634. The van der Waals surface area contributed by atoms with Crippen molar-refractivity contribution >= 4 is 5.97 Å². The van der Waals surface area contributed by atoms with E-state index in [1.807, 2.05) is 0 Å². The first-order chi connectivity index (χ1) is 12.4. The number of rotatable bonds is 5. The highest BCUT2D eigenvalue weighted by molar-refractivity contribution is 5.69. The molecule has 0 aliphatic carbocycles. The average Bonchev–Trinajstić information content (AvgIpc) is 2.53. The van der Waals surface area contributed by atoms with Crippen LogP contribution in [0.1, 0.15) is 29.5 Å². The van der Waals surface area contributed by atoms with Gasteiger partial charge in [0.2, 0.25) is 0 Å². The van der Waals surface area contributed by atoms with Gasteiger partial charge in [-0.1, -0.05) is 0 Å². The Balaban J connectivity index is 2.08. The van der Waals surface area contributed by atoms with Gasteiger partial charge in [0, 0.05) is 12.6 Å². The van der Waals surface area contributed by atoms with E-state index in [1.165, 1.54) is 0 Å². The van der Waals surface area contributed by atoms with Crippen LogP contribution >= 0.6 is 0 Å². The van der Waals surface area contributed by atoms with Crippen molar-refractivity contribution < 1.29 is 36.2 Å². The van der Waals surface area contributed by atoms with Gasteiger partial charge in [0.25, 0.3) is 0 Å². The number of carbonyl (C=O) groups is 1. The number of likely N-dealkylation sites (N-methyl/N-ethyl adjacent to an activating group) is 1. The van der Waals surface area contributed by atoms with E-state index in [1.54, 1.807) is 16.8 Å². The van der Waals surface area contributed by atoms with Gasteiger partial charge in [0.1, 0.15) is 0 Å². The van der Waals surface area contributed by atoms with Gasteiger partial charge in [0.05, 0.1) is 17.7 Å². The molecule has 0 aromatic heterocycles. The van der Waals surface area contributed by atoms with E-state index in [4.69, 9.17) is 5.11 Å². The lowest BCUT2D eigenvalue weighted by Gasteiger charge is -2.36.